The van der Waals surface area contributed by atoms with Crippen LogP contribution in [0, 0.1) is 6.92 Å². The van der Waals surface area contributed by atoms with Crippen molar-refractivity contribution in [1.82, 2.24) is 24.5 Å². The number of fused-ring (bicyclic) bond motifs is 1. The van der Waals surface area contributed by atoms with Gasteiger partial charge < -0.3 is 15.0 Å². The van der Waals surface area contributed by atoms with Crippen LogP contribution in [-0.2, 0) is 11.8 Å². The van der Waals surface area contributed by atoms with E-state index in [1.165, 1.54) is 0 Å². The molecule has 1 aliphatic rings. The predicted octanol–water partition coefficient (Wildman–Crippen LogP) is 3.28. The lowest BCUT2D eigenvalue weighted by Crippen LogP contribution is -2.29. The average molecular weight is 416 g/mol. The molecule has 4 aromatic rings. The Kier molecular flexibility index (Phi) is 4.99. The highest BCUT2D eigenvalue weighted by molar-refractivity contribution is 5.93. The van der Waals surface area contributed by atoms with Crippen LogP contribution >= 0.6 is 0 Å². The number of nitrogens with zero attached hydrogens (tertiary/aromatic N) is 4. The van der Waals surface area contributed by atoms with E-state index in [1.54, 1.807) is 30.1 Å². The first-order valence-electron chi connectivity index (χ1n) is 10.4. The number of aromatic amines is 1. The van der Waals surface area contributed by atoms with Crippen molar-refractivity contribution in [3.8, 4) is 22.6 Å². The monoisotopic (exact) mass is 416 g/mol. The fourth-order valence-electron chi connectivity index (χ4n) is 3.98. The molecular formula is C23H24N6O2. The van der Waals surface area contributed by atoms with Gasteiger partial charge in [-0.1, -0.05) is 12.1 Å². The summed E-state index contributed by atoms with van der Waals surface area (Å²) in [5.74, 6) is 1.32. The number of ether oxygens (including phenoxy) is 1. The average Bonchev–Trinajstić information content (AvgIpc) is 3.32. The third-order valence-corrected chi connectivity index (χ3v) is 5.79. The summed E-state index contributed by atoms with van der Waals surface area (Å²) in [4.78, 5) is 29.5. The Bertz CT molecular complexity index is 1290. The highest BCUT2D eigenvalue weighted by atomic mass is 16.5. The maximum absolute atomic E-state index is 12.3. The van der Waals surface area contributed by atoms with E-state index in [-0.39, 0.29) is 11.6 Å². The van der Waals surface area contributed by atoms with Crippen LogP contribution in [-0.4, -0.2) is 43.8 Å². The Balaban J connectivity index is 1.69. The largest absolute Gasteiger partial charge is 0.381 e. The number of anilines is 1. The first kappa shape index (κ1) is 19.4. The second-order valence-corrected chi connectivity index (χ2v) is 7.86. The zero-order valence-electron chi connectivity index (χ0n) is 17.6. The van der Waals surface area contributed by atoms with Gasteiger partial charge >= 0.3 is 0 Å². The van der Waals surface area contributed by atoms with E-state index < -0.39 is 0 Å². The summed E-state index contributed by atoms with van der Waals surface area (Å²) in [6.45, 7) is 3.50. The SMILES string of the molecule is Cc1ccc(-c2ncc[nH]2)cc1-c1nc(NC2CCOCC2)nc2c1ccc(=O)n2C. The van der Waals surface area contributed by atoms with Crippen LogP contribution in [0.1, 0.15) is 18.4 Å². The lowest BCUT2D eigenvalue weighted by atomic mass is 9.99. The summed E-state index contributed by atoms with van der Waals surface area (Å²) in [7, 11) is 1.74. The van der Waals surface area contributed by atoms with Gasteiger partial charge in [-0.25, -0.2) is 9.97 Å². The van der Waals surface area contributed by atoms with Crippen molar-refractivity contribution >= 4 is 17.0 Å². The number of pyridine rings is 1. The highest BCUT2D eigenvalue weighted by Crippen LogP contribution is 2.32. The van der Waals surface area contributed by atoms with Crippen LogP contribution in [0.25, 0.3) is 33.7 Å². The van der Waals surface area contributed by atoms with E-state index in [4.69, 9.17) is 14.7 Å². The number of hydrogen-bond donors (Lipinski definition) is 2. The third-order valence-electron chi connectivity index (χ3n) is 5.79. The fourth-order valence-corrected chi connectivity index (χ4v) is 3.98. The Labute approximate surface area is 179 Å². The minimum atomic E-state index is -0.102. The first-order chi connectivity index (χ1) is 15.1. The molecule has 8 nitrogen and oxygen atoms in total. The Morgan fingerprint density at radius 2 is 2.00 bits per heavy atom. The van der Waals surface area contributed by atoms with Crippen molar-refractivity contribution in [2.24, 2.45) is 7.05 Å². The molecule has 0 unspecified atom stereocenters. The van der Waals surface area contributed by atoms with Crippen LogP contribution in [0.15, 0.2) is 47.5 Å². The van der Waals surface area contributed by atoms with Gasteiger partial charge in [0.05, 0.1) is 5.69 Å². The summed E-state index contributed by atoms with van der Waals surface area (Å²) in [5, 5.41) is 4.29. The van der Waals surface area contributed by atoms with Crippen LogP contribution in [0.5, 0.6) is 0 Å². The molecule has 0 aliphatic carbocycles. The van der Waals surface area contributed by atoms with Crippen molar-refractivity contribution in [1.29, 1.82) is 0 Å². The predicted molar refractivity (Wildman–Crippen MR) is 120 cm³/mol. The van der Waals surface area contributed by atoms with Crippen molar-refractivity contribution in [2.45, 2.75) is 25.8 Å². The number of H-pyrrole nitrogens is 1. The molecule has 0 saturated carbocycles. The quantitative estimate of drug-likeness (QED) is 0.530. The number of rotatable bonds is 4. The van der Waals surface area contributed by atoms with Crippen LogP contribution in [0.2, 0.25) is 0 Å². The lowest BCUT2D eigenvalue weighted by molar-refractivity contribution is 0.0903. The third kappa shape index (κ3) is 3.70. The van der Waals surface area contributed by atoms with Crippen molar-refractivity contribution in [3.63, 3.8) is 0 Å². The molecule has 8 heteroatoms. The van der Waals surface area contributed by atoms with Crippen molar-refractivity contribution in [2.75, 3.05) is 18.5 Å². The molecule has 3 aromatic heterocycles. The molecule has 31 heavy (non-hydrogen) atoms. The minimum absolute atomic E-state index is 0.102. The standard InChI is InChI=1S/C23H24N6O2/c1-14-3-4-15(21-24-9-10-25-21)13-18(14)20-17-5-6-19(30)29(2)22(17)28-23(27-20)26-16-7-11-31-12-8-16/h3-6,9-10,13,16H,7-8,11-12H2,1-2H3,(H,24,25)(H,26,27,28). The second kappa shape index (κ2) is 7.96. The lowest BCUT2D eigenvalue weighted by Gasteiger charge is -2.23. The minimum Gasteiger partial charge on any atom is -0.381 e. The van der Waals surface area contributed by atoms with E-state index in [1.807, 2.05) is 12.1 Å². The molecule has 1 saturated heterocycles. The molecule has 0 amide bonds. The smallest absolute Gasteiger partial charge is 0.251 e. The molecule has 4 heterocycles. The van der Waals surface area contributed by atoms with Gasteiger partial charge in [0.1, 0.15) is 11.5 Å². The Morgan fingerprint density at radius 1 is 1.16 bits per heavy atom. The molecule has 5 rings (SSSR count). The van der Waals surface area contributed by atoms with Crippen molar-refractivity contribution in [3.05, 3.63) is 58.6 Å². The van der Waals surface area contributed by atoms with E-state index in [0.717, 1.165) is 59.7 Å². The van der Waals surface area contributed by atoms with E-state index in [0.29, 0.717) is 11.6 Å². The van der Waals surface area contributed by atoms with Gasteiger partial charge in [-0.3, -0.25) is 9.36 Å². The van der Waals surface area contributed by atoms with Crippen LogP contribution in [0.3, 0.4) is 0 Å². The van der Waals surface area contributed by atoms with Crippen LogP contribution < -0.4 is 10.9 Å². The molecular weight excluding hydrogens is 392 g/mol. The summed E-state index contributed by atoms with van der Waals surface area (Å²) in [5.41, 5.74) is 4.34. The molecule has 0 bridgehead atoms. The molecule has 1 aliphatic heterocycles. The normalized spacial score (nSPS) is 14.8. The molecule has 0 spiro atoms. The van der Waals surface area contributed by atoms with Crippen molar-refractivity contribution < 1.29 is 4.74 Å². The molecule has 158 valence electrons. The van der Waals surface area contributed by atoms with Gasteiger partial charge in [-0.2, -0.15) is 4.98 Å². The van der Waals surface area contributed by atoms with E-state index in [2.05, 4.69) is 34.3 Å². The molecule has 1 aromatic carbocycles. The highest BCUT2D eigenvalue weighted by Gasteiger charge is 2.19. The number of benzene rings is 1. The maximum Gasteiger partial charge on any atom is 0.251 e. The zero-order valence-corrected chi connectivity index (χ0v) is 17.6. The molecule has 2 N–H and O–H groups in total. The maximum atomic E-state index is 12.3. The van der Waals surface area contributed by atoms with Gasteiger partial charge in [-0.05, 0) is 37.5 Å². The van der Waals surface area contributed by atoms with E-state index >= 15 is 0 Å². The fraction of sp³-hybridized carbons (Fsp3) is 0.304. The number of aromatic nitrogens is 5. The second-order valence-electron chi connectivity index (χ2n) is 7.86. The number of aryl methyl sites for hydroxylation is 2. The number of imidazole rings is 1. The Morgan fingerprint density at radius 3 is 2.77 bits per heavy atom. The van der Waals surface area contributed by atoms with E-state index in [9.17, 15) is 4.79 Å². The van der Waals surface area contributed by atoms with Gasteiger partial charge in [0.15, 0.2) is 0 Å². The Hall–Kier alpha value is -3.52. The topological polar surface area (TPSA) is 97.7 Å². The number of hydrogen-bond acceptors (Lipinski definition) is 6. The molecule has 1 fully saturated rings. The summed E-state index contributed by atoms with van der Waals surface area (Å²) in [6.07, 6.45) is 5.34. The molecule has 0 radical (unpaired) electrons. The van der Waals surface area contributed by atoms with Gasteiger partial charge in [0, 0.05) is 61.3 Å². The summed E-state index contributed by atoms with van der Waals surface area (Å²) >= 11 is 0. The van der Waals surface area contributed by atoms with Crippen LogP contribution in [0.4, 0.5) is 5.95 Å². The van der Waals surface area contributed by atoms with Gasteiger partial charge in [0.2, 0.25) is 5.95 Å². The van der Waals surface area contributed by atoms with Gasteiger partial charge in [0.25, 0.3) is 5.56 Å². The molecule has 0 atom stereocenters. The zero-order chi connectivity index (χ0) is 21.4. The van der Waals surface area contributed by atoms with Gasteiger partial charge in [-0.15, -0.1) is 0 Å². The summed E-state index contributed by atoms with van der Waals surface area (Å²) < 4.78 is 7.04. The number of nitrogens with one attached hydrogen (secondary N) is 2. The first-order valence-corrected chi connectivity index (χ1v) is 10.4. The summed E-state index contributed by atoms with van der Waals surface area (Å²) in [6, 6.07) is 9.80.